The molecule has 0 atom stereocenters. The third-order valence-corrected chi connectivity index (χ3v) is 1.57. The molecule has 1 aliphatic rings. The van der Waals surface area contributed by atoms with E-state index in [4.69, 9.17) is 21.0 Å². The van der Waals surface area contributed by atoms with Crippen molar-refractivity contribution < 1.29 is 0 Å². The highest BCUT2D eigenvalue weighted by atomic mass is 15.5. The van der Waals surface area contributed by atoms with Gasteiger partial charge in [-0.3, -0.25) is 5.01 Å². The molecule has 0 amide bonds. The minimum Gasteiger partial charge on any atom is -0.307 e. The normalized spacial score (nSPS) is 11.7. The first-order valence-electron chi connectivity index (χ1n) is 4.27. The van der Waals surface area contributed by atoms with Gasteiger partial charge >= 0.3 is 6.15 Å². The number of rotatable bonds is 0. The van der Waals surface area contributed by atoms with E-state index < -0.39 is 6.15 Å². The molecule has 0 aromatic heterocycles. The van der Waals surface area contributed by atoms with Crippen molar-refractivity contribution in [1.29, 1.82) is 21.0 Å². The van der Waals surface area contributed by atoms with Crippen LogP contribution in [0.4, 0.5) is 0 Å². The van der Waals surface area contributed by atoms with Crippen LogP contribution in [0.15, 0.2) is 24.6 Å². The van der Waals surface area contributed by atoms with Crippen LogP contribution in [0.1, 0.15) is 0 Å². The lowest BCUT2D eigenvalue weighted by molar-refractivity contribution is 0.382. The molecule has 1 rings (SSSR count). The van der Waals surface area contributed by atoms with Gasteiger partial charge in [-0.05, 0) is 12.2 Å². The summed E-state index contributed by atoms with van der Waals surface area (Å²) < 4.78 is 0. The van der Waals surface area contributed by atoms with Gasteiger partial charge in [-0.2, -0.15) is 0 Å². The van der Waals surface area contributed by atoms with Gasteiger partial charge in [0.1, 0.15) is 0 Å². The van der Waals surface area contributed by atoms with E-state index in [-0.39, 0.29) is 0 Å². The number of nitrogens with one attached hydrogen (secondary N) is 1. The van der Waals surface area contributed by atoms with Crippen molar-refractivity contribution in [3.63, 3.8) is 0 Å². The van der Waals surface area contributed by atoms with Crippen molar-refractivity contribution in [2.75, 3.05) is 7.05 Å². The van der Waals surface area contributed by atoms with E-state index in [1.54, 1.807) is 0 Å². The lowest BCUT2D eigenvalue weighted by atomic mass is 9.30. The number of hydrogen-bond acceptors (Lipinski definition) is 6. The standard InChI is InChI=1S/C5H8N2.C4BN4/c1-7-5-3-2-4-6-7;6-1-5(2-7,3-8)4-9/h2-6H,1H3;/q;-1. The van der Waals surface area contributed by atoms with E-state index >= 15 is 0 Å². The van der Waals surface area contributed by atoms with Gasteiger partial charge in [0.25, 0.3) is 0 Å². The Balaban J connectivity index is 0.000000288. The minimum absolute atomic E-state index is 1.34. The molecule has 0 fully saturated rings. The highest BCUT2D eigenvalue weighted by Gasteiger charge is 2.22. The van der Waals surface area contributed by atoms with Gasteiger partial charge in [-0.15, -0.1) is 23.9 Å². The molecule has 0 aliphatic carbocycles. The van der Waals surface area contributed by atoms with E-state index in [2.05, 4.69) is 5.43 Å². The largest absolute Gasteiger partial charge is 0.383 e. The van der Waals surface area contributed by atoms with Gasteiger partial charge in [-0.1, -0.05) is 0 Å². The summed E-state index contributed by atoms with van der Waals surface area (Å²) >= 11 is 0. The van der Waals surface area contributed by atoms with Gasteiger partial charge < -0.3 is 5.43 Å². The SMILES string of the molecule is CN1C=CC=CN1.N#C[B-](C#N)(C#N)C#N. The van der Waals surface area contributed by atoms with E-state index in [0.717, 1.165) is 0 Å². The highest BCUT2D eigenvalue weighted by molar-refractivity contribution is 7.05. The maximum atomic E-state index is 8.09. The van der Waals surface area contributed by atoms with Gasteiger partial charge in [0.05, 0.1) is 0 Å². The molecule has 0 aromatic rings. The first-order valence-corrected chi connectivity index (χ1v) is 4.27. The monoisotopic (exact) mass is 211 g/mol. The minimum atomic E-state index is -2.72. The first-order chi connectivity index (χ1) is 7.64. The van der Waals surface area contributed by atoms with Crippen molar-refractivity contribution >= 4 is 6.15 Å². The molecule has 16 heavy (non-hydrogen) atoms. The fourth-order valence-corrected chi connectivity index (χ4v) is 0.611. The Morgan fingerprint density at radius 3 is 1.62 bits per heavy atom. The van der Waals surface area contributed by atoms with Crippen molar-refractivity contribution in [3.05, 3.63) is 24.6 Å². The van der Waals surface area contributed by atoms with Crippen LogP contribution in [0, 0.1) is 44.9 Å². The Kier molecular flexibility index (Phi) is 5.36. The van der Waals surface area contributed by atoms with Crippen molar-refractivity contribution in [3.8, 4) is 23.9 Å². The van der Waals surface area contributed by atoms with E-state index in [9.17, 15) is 0 Å². The van der Waals surface area contributed by atoms with Gasteiger partial charge in [0.2, 0.25) is 0 Å². The summed E-state index contributed by atoms with van der Waals surface area (Å²) in [4.78, 5) is 0. The second-order valence-corrected chi connectivity index (χ2v) is 2.82. The Morgan fingerprint density at radius 2 is 1.50 bits per heavy atom. The van der Waals surface area contributed by atoms with Crippen LogP contribution in [0.2, 0.25) is 0 Å². The molecule has 7 heteroatoms. The first kappa shape index (κ1) is 13.1. The fraction of sp³-hybridized carbons (Fsp3) is 0.111. The quantitative estimate of drug-likeness (QED) is 0.571. The summed E-state index contributed by atoms with van der Waals surface area (Å²) in [5.74, 6) is 5.38. The molecule has 1 heterocycles. The van der Waals surface area contributed by atoms with Crippen molar-refractivity contribution in [1.82, 2.24) is 10.4 Å². The molecule has 0 saturated heterocycles. The van der Waals surface area contributed by atoms with Crippen LogP contribution in [0.3, 0.4) is 0 Å². The number of nitriles is 4. The molecule has 0 spiro atoms. The molecular formula is C9H8BN6-. The zero-order valence-electron chi connectivity index (χ0n) is 8.62. The maximum Gasteiger partial charge on any atom is 0.383 e. The van der Waals surface area contributed by atoms with E-state index in [1.807, 2.05) is 36.6 Å². The van der Waals surface area contributed by atoms with Crippen LogP contribution in [0.5, 0.6) is 0 Å². The number of allylic oxidation sites excluding steroid dienone is 2. The second kappa shape index (κ2) is 6.54. The van der Waals surface area contributed by atoms with Gasteiger partial charge in [0, 0.05) is 19.4 Å². The molecule has 6 nitrogen and oxygen atoms in total. The van der Waals surface area contributed by atoms with Crippen molar-refractivity contribution in [2.45, 2.75) is 0 Å². The summed E-state index contributed by atoms with van der Waals surface area (Å²) in [6, 6.07) is 0. The van der Waals surface area contributed by atoms with Crippen LogP contribution >= 0.6 is 0 Å². The fourth-order valence-electron chi connectivity index (χ4n) is 0.611. The number of hydrazine groups is 1. The summed E-state index contributed by atoms with van der Waals surface area (Å²) in [6.07, 6.45) is 5.01. The zero-order valence-corrected chi connectivity index (χ0v) is 8.62. The predicted octanol–water partition coefficient (Wildman–Crippen LogP) is 0.150. The highest BCUT2D eigenvalue weighted by Crippen LogP contribution is 1.92. The lowest BCUT2D eigenvalue weighted by Gasteiger charge is -2.14. The van der Waals surface area contributed by atoms with Gasteiger partial charge in [0.15, 0.2) is 0 Å². The third kappa shape index (κ3) is 3.88. The molecule has 0 radical (unpaired) electrons. The Bertz CT molecular complexity index is 391. The summed E-state index contributed by atoms with van der Waals surface area (Å²) in [5.41, 5.74) is 2.95. The zero-order chi connectivity index (χ0) is 12.4. The van der Waals surface area contributed by atoms with Crippen LogP contribution < -0.4 is 5.43 Å². The van der Waals surface area contributed by atoms with E-state index in [0.29, 0.717) is 0 Å². The summed E-state index contributed by atoms with van der Waals surface area (Å²) in [5, 5.41) is 34.2. The number of nitrogens with zero attached hydrogens (tertiary/aromatic N) is 5. The lowest BCUT2D eigenvalue weighted by Crippen LogP contribution is -2.26. The molecule has 0 saturated carbocycles. The molecular weight excluding hydrogens is 203 g/mol. The molecule has 78 valence electrons. The van der Waals surface area contributed by atoms with Gasteiger partial charge in [-0.25, -0.2) is 21.0 Å². The second-order valence-electron chi connectivity index (χ2n) is 2.82. The predicted molar refractivity (Wildman–Crippen MR) is 57.4 cm³/mol. The third-order valence-electron chi connectivity index (χ3n) is 1.57. The molecule has 0 aromatic carbocycles. The average Bonchev–Trinajstić information content (AvgIpc) is 2.35. The topological polar surface area (TPSA) is 110 Å². The molecule has 1 N–H and O–H groups in total. The van der Waals surface area contributed by atoms with E-state index in [1.165, 1.54) is 23.9 Å². The summed E-state index contributed by atoms with van der Waals surface area (Å²) in [7, 11) is 1.94. The number of hydrogen-bond donors (Lipinski definition) is 1. The average molecular weight is 211 g/mol. The smallest absolute Gasteiger partial charge is 0.307 e. The van der Waals surface area contributed by atoms with Crippen LogP contribution in [-0.4, -0.2) is 18.2 Å². The van der Waals surface area contributed by atoms with Crippen molar-refractivity contribution in [2.24, 2.45) is 0 Å². The van der Waals surface area contributed by atoms with Crippen LogP contribution in [0.25, 0.3) is 0 Å². The van der Waals surface area contributed by atoms with Crippen LogP contribution in [-0.2, 0) is 0 Å². The Hall–Kier alpha value is -2.90. The molecule has 1 aliphatic heterocycles. The Labute approximate surface area is 93.8 Å². The molecule has 0 unspecified atom stereocenters. The maximum absolute atomic E-state index is 8.09. The molecule has 0 bridgehead atoms. The Morgan fingerprint density at radius 1 is 1.00 bits per heavy atom. The summed E-state index contributed by atoms with van der Waals surface area (Å²) in [6.45, 7) is 0.